The Kier molecular flexibility index (Phi) is 6.24. The van der Waals surface area contributed by atoms with E-state index in [0.29, 0.717) is 0 Å². The van der Waals surface area contributed by atoms with Crippen LogP contribution in [0.15, 0.2) is 60.7 Å². The summed E-state index contributed by atoms with van der Waals surface area (Å²) in [4.78, 5) is 8.86. The second-order valence-corrected chi connectivity index (χ2v) is 7.44. The summed E-state index contributed by atoms with van der Waals surface area (Å²) < 4.78 is 0. The maximum Gasteiger partial charge on any atom is 0.108 e. The van der Waals surface area contributed by atoms with Gasteiger partial charge in [0.2, 0.25) is 0 Å². The van der Waals surface area contributed by atoms with Gasteiger partial charge < -0.3 is 0 Å². The highest BCUT2D eigenvalue weighted by molar-refractivity contribution is 7.15. The molecule has 1 saturated heterocycles. The molecule has 0 radical (unpaired) electrons. The lowest BCUT2D eigenvalue weighted by atomic mass is 10.1. The summed E-state index contributed by atoms with van der Waals surface area (Å²) in [6.07, 6.45) is 4.02. The summed E-state index contributed by atoms with van der Waals surface area (Å²) in [5.74, 6) is 0. The smallest absolute Gasteiger partial charge is 0.108 e. The van der Waals surface area contributed by atoms with Crippen LogP contribution in [0.3, 0.4) is 0 Å². The Morgan fingerprint density at radius 2 is 1.40 bits per heavy atom. The Hall–Kier alpha value is -1.68. The van der Waals surface area contributed by atoms with Crippen molar-refractivity contribution in [2.75, 3.05) is 13.1 Å². The predicted octanol–water partition coefficient (Wildman–Crippen LogP) is 5.88. The number of hydrogen-bond acceptors (Lipinski definition) is 3. The van der Waals surface area contributed by atoms with Crippen molar-refractivity contribution in [3.8, 4) is 21.7 Å². The van der Waals surface area contributed by atoms with Crippen molar-refractivity contribution < 1.29 is 0 Å². The SMILES string of the molecule is Cl.c1ccc(-c2nc(CN3CCCCC3)sc2-c2ccccc2)cc1. The topological polar surface area (TPSA) is 16.1 Å². The summed E-state index contributed by atoms with van der Waals surface area (Å²) >= 11 is 1.85. The summed E-state index contributed by atoms with van der Waals surface area (Å²) in [6, 6.07) is 21.2. The molecule has 0 amide bonds. The third kappa shape index (κ3) is 4.30. The van der Waals surface area contributed by atoms with Gasteiger partial charge in [0, 0.05) is 5.56 Å². The van der Waals surface area contributed by atoms with Crippen molar-refractivity contribution >= 4 is 23.7 Å². The molecule has 4 rings (SSSR count). The maximum atomic E-state index is 5.03. The van der Waals surface area contributed by atoms with E-state index >= 15 is 0 Å². The van der Waals surface area contributed by atoms with Crippen molar-refractivity contribution in [1.29, 1.82) is 0 Å². The Morgan fingerprint density at radius 1 is 0.800 bits per heavy atom. The minimum atomic E-state index is 0. The molecule has 0 atom stereocenters. The molecule has 0 bridgehead atoms. The van der Waals surface area contributed by atoms with Crippen molar-refractivity contribution in [3.05, 3.63) is 65.7 Å². The molecule has 0 unspecified atom stereocenters. The highest BCUT2D eigenvalue weighted by Crippen LogP contribution is 2.37. The lowest BCUT2D eigenvalue weighted by Crippen LogP contribution is -2.28. The van der Waals surface area contributed by atoms with Crippen molar-refractivity contribution in [2.24, 2.45) is 0 Å². The zero-order valence-electron chi connectivity index (χ0n) is 14.2. The minimum Gasteiger partial charge on any atom is -0.297 e. The first-order chi connectivity index (χ1) is 11.9. The van der Waals surface area contributed by atoms with Gasteiger partial charge in [-0.25, -0.2) is 4.98 Å². The molecule has 0 saturated carbocycles. The Bertz CT molecular complexity index is 723. The molecular weight excluding hydrogens is 348 g/mol. The monoisotopic (exact) mass is 370 g/mol. The van der Waals surface area contributed by atoms with Gasteiger partial charge in [-0.15, -0.1) is 23.7 Å². The molecule has 1 aliphatic heterocycles. The van der Waals surface area contributed by atoms with E-state index in [9.17, 15) is 0 Å². The molecule has 25 heavy (non-hydrogen) atoms. The highest BCUT2D eigenvalue weighted by atomic mass is 35.5. The molecule has 2 aromatic carbocycles. The Balaban J connectivity index is 0.00000182. The number of halogens is 1. The molecule has 0 aliphatic carbocycles. The van der Waals surface area contributed by atoms with E-state index in [1.54, 1.807) is 0 Å². The average molecular weight is 371 g/mol. The number of thiazole rings is 1. The van der Waals surface area contributed by atoms with Gasteiger partial charge in [0.05, 0.1) is 17.1 Å². The van der Waals surface area contributed by atoms with E-state index in [1.807, 2.05) is 11.3 Å². The fourth-order valence-electron chi connectivity index (χ4n) is 3.32. The molecule has 0 N–H and O–H groups in total. The van der Waals surface area contributed by atoms with E-state index in [4.69, 9.17) is 4.98 Å². The second-order valence-electron chi connectivity index (χ2n) is 6.35. The minimum absolute atomic E-state index is 0. The van der Waals surface area contributed by atoms with E-state index in [1.165, 1.54) is 53.4 Å². The molecule has 1 aliphatic rings. The van der Waals surface area contributed by atoms with Crippen molar-refractivity contribution in [1.82, 2.24) is 9.88 Å². The largest absolute Gasteiger partial charge is 0.297 e. The van der Waals surface area contributed by atoms with Gasteiger partial charge in [0.15, 0.2) is 0 Å². The zero-order chi connectivity index (χ0) is 16.2. The highest BCUT2D eigenvalue weighted by Gasteiger charge is 2.17. The van der Waals surface area contributed by atoms with Crippen LogP contribution < -0.4 is 0 Å². The molecule has 1 aromatic heterocycles. The lowest BCUT2D eigenvalue weighted by molar-refractivity contribution is 0.220. The zero-order valence-corrected chi connectivity index (χ0v) is 15.9. The average Bonchev–Trinajstić information content (AvgIpc) is 3.08. The van der Waals surface area contributed by atoms with Gasteiger partial charge in [0.25, 0.3) is 0 Å². The van der Waals surface area contributed by atoms with Crippen LogP contribution in [0.2, 0.25) is 0 Å². The first-order valence-corrected chi connectivity index (χ1v) is 9.55. The number of benzene rings is 2. The van der Waals surface area contributed by atoms with Crippen LogP contribution in [0.25, 0.3) is 21.7 Å². The van der Waals surface area contributed by atoms with Crippen LogP contribution in [-0.4, -0.2) is 23.0 Å². The van der Waals surface area contributed by atoms with Crippen molar-refractivity contribution in [3.63, 3.8) is 0 Å². The van der Waals surface area contributed by atoms with Gasteiger partial charge in [-0.2, -0.15) is 0 Å². The van der Waals surface area contributed by atoms with Crippen LogP contribution in [0.5, 0.6) is 0 Å². The van der Waals surface area contributed by atoms with Crippen LogP contribution in [0.4, 0.5) is 0 Å². The fourth-order valence-corrected chi connectivity index (χ4v) is 4.45. The number of likely N-dealkylation sites (tertiary alicyclic amines) is 1. The summed E-state index contributed by atoms with van der Waals surface area (Å²) in [5, 5.41) is 1.23. The van der Waals surface area contributed by atoms with Crippen molar-refractivity contribution in [2.45, 2.75) is 25.8 Å². The number of nitrogens with zero attached hydrogens (tertiary/aromatic N) is 2. The Morgan fingerprint density at radius 3 is 2.04 bits per heavy atom. The molecule has 4 heteroatoms. The van der Waals surface area contributed by atoms with Gasteiger partial charge in [-0.05, 0) is 31.5 Å². The second kappa shape index (κ2) is 8.61. The molecule has 2 nitrogen and oxygen atoms in total. The molecule has 1 fully saturated rings. The van der Waals surface area contributed by atoms with E-state index in [0.717, 1.165) is 12.2 Å². The van der Waals surface area contributed by atoms with Gasteiger partial charge in [0.1, 0.15) is 5.01 Å². The summed E-state index contributed by atoms with van der Waals surface area (Å²) in [7, 11) is 0. The number of aromatic nitrogens is 1. The standard InChI is InChI=1S/C21H22N2S.ClH/c1-4-10-17(11-5-1)20-21(18-12-6-2-7-13-18)24-19(22-20)16-23-14-8-3-9-15-23;/h1-2,4-7,10-13H,3,8-9,14-16H2;1H. The van der Waals surface area contributed by atoms with Gasteiger partial charge in [-0.3, -0.25) is 4.90 Å². The molecule has 2 heterocycles. The van der Waals surface area contributed by atoms with Crippen LogP contribution >= 0.6 is 23.7 Å². The third-order valence-electron chi connectivity index (χ3n) is 4.56. The van der Waals surface area contributed by atoms with Gasteiger partial charge in [-0.1, -0.05) is 67.1 Å². The van der Waals surface area contributed by atoms with Crippen LogP contribution in [-0.2, 0) is 6.54 Å². The number of rotatable bonds is 4. The molecular formula is C21H23ClN2S. The normalized spacial score (nSPS) is 14.9. The quantitative estimate of drug-likeness (QED) is 0.569. The lowest BCUT2D eigenvalue weighted by Gasteiger charge is -2.25. The first-order valence-electron chi connectivity index (χ1n) is 8.73. The molecule has 0 spiro atoms. The van der Waals surface area contributed by atoms with Crippen LogP contribution in [0, 0.1) is 0 Å². The third-order valence-corrected chi connectivity index (χ3v) is 5.65. The number of piperidine rings is 1. The fraction of sp³-hybridized carbons (Fsp3) is 0.286. The summed E-state index contributed by atoms with van der Waals surface area (Å²) in [5.41, 5.74) is 3.59. The van der Waals surface area contributed by atoms with E-state index in [-0.39, 0.29) is 12.4 Å². The van der Waals surface area contributed by atoms with E-state index in [2.05, 4.69) is 65.6 Å². The first kappa shape index (κ1) is 18.1. The van der Waals surface area contributed by atoms with E-state index < -0.39 is 0 Å². The van der Waals surface area contributed by atoms with Gasteiger partial charge >= 0.3 is 0 Å². The summed E-state index contributed by atoms with van der Waals surface area (Å²) in [6.45, 7) is 3.40. The molecule has 130 valence electrons. The van der Waals surface area contributed by atoms with Crippen LogP contribution in [0.1, 0.15) is 24.3 Å². The predicted molar refractivity (Wildman–Crippen MR) is 109 cm³/mol. The number of hydrogen-bond donors (Lipinski definition) is 0. The maximum absolute atomic E-state index is 5.03. The Labute approximate surface area is 160 Å². The molecule has 3 aromatic rings.